The predicted molar refractivity (Wildman–Crippen MR) is 305 cm³/mol. The number of carbonyl (C=O) groups excluding carboxylic acids is 4. The number of unbranched alkanes of at least 4 members (excludes halogenated alkanes) is 7. The van der Waals surface area contributed by atoms with Crippen molar-refractivity contribution in [2.45, 2.75) is 133 Å². The monoisotopic (exact) mass is 1130 g/mol. The van der Waals surface area contributed by atoms with E-state index in [1.807, 2.05) is 75.0 Å². The Morgan fingerprint density at radius 1 is 0.568 bits per heavy atom. The highest BCUT2D eigenvalue weighted by molar-refractivity contribution is 8.26. The van der Waals surface area contributed by atoms with Crippen molar-refractivity contribution in [2.24, 2.45) is 11.8 Å². The van der Waals surface area contributed by atoms with E-state index >= 15 is 0 Å². The molecular formula is C56H76O12P2S4. The number of esters is 4. The minimum absolute atomic E-state index is 0.0410. The number of allylic oxidation sites excluding steroid dienone is 2. The molecule has 2 saturated heterocycles. The Hall–Kier alpha value is -2.94. The van der Waals surface area contributed by atoms with Crippen molar-refractivity contribution in [3.05, 3.63) is 119 Å². The highest BCUT2D eigenvalue weighted by atomic mass is 32.2. The summed E-state index contributed by atoms with van der Waals surface area (Å²) in [4.78, 5) is 48.4. The number of rotatable bonds is 33. The first-order valence-electron chi connectivity index (χ1n) is 25.9. The van der Waals surface area contributed by atoms with Gasteiger partial charge in [0.2, 0.25) is 14.7 Å². The average molecular weight is 1130 g/mol. The van der Waals surface area contributed by atoms with Gasteiger partial charge in [-0.1, -0.05) is 113 Å². The van der Waals surface area contributed by atoms with E-state index in [-0.39, 0.29) is 58.9 Å². The van der Waals surface area contributed by atoms with Crippen LogP contribution in [0.15, 0.2) is 97.1 Å². The second kappa shape index (κ2) is 27.1. The predicted octanol–water partition coefficient (Wildman–Crippen LogP) is 14.6. The number of hydrogen-bond donors (Lipinski definition) is 0. The van der Waals surface area contributed by atoms with Crippen LogP contribution >= 0.6 is 61.8 Å². The molecule has 0 radical (unpaired) electrons. The Morgan fingerprint density at radius 3 is 1.24 bits per heavy atom. The molecule has 0 amide bonds. The summed E-state index contributed by atoms with van der Waals surface area (Å²) in [6, 6.07) is 14.6. The molecule has 0 N–H and O–H groups in total. The maximum absolute atomic E-state index is 14.5. The zero-order chi connectivity index (χ0) is 53.6. The zero-order valence-corrected chi connectivity index (χ0v) is 49.1. The van der Waals surface area contributed by atoms with Crippen LogP contribution in [0.4, 0.5) is 0 Å². The molecule has 2 aliphatic carbocycles. The van der Waals surface area contributed by atoms with E-state index in [1.54, 1.807) is 61.6 Å². The topological polar surface area (TPSA) is 158 Å². The molecule has 12 nitrogen and oxygen atoms in total. The van der Waals surface area contributed by atoms with Gasteiger partial charge in [0.15, 0.2) is 0 Å². The smallest absolute Gasteiger partial charge is 0.338 e. The third kappa shape index (κ3) is 15.0. The molecule has 4 bridgehead atoms. The summed E-state index contributed by atoms with van der Waals surface area (Å²) in [5.74, 6) is -0.515. The van der Waals surface area contributed by atoms with Crippen LogP contribution in [0, 0.1) is 11.8 Å². The summed E-state index contributed by atoms with van der Waals surface area (Å²) < 4.78 is 60.4. The Morgan fingerprint density at radius 2 is 0.905 bits per heavy atom. The molecule has 18 heteroatoms. The minimum atomic E-state index is -3.05. The van der Waals surface area contributed by atoms with Crippen molar-refractivity contribution in [2.75, 3.05) is 53.0 Å². The van der Waals surface area contributed by atoms with Crippen LogP contribution in [0.2, 0.25) is 0 Å². The Kier molecular flexibility index (Phi) is 22.1. The first kappa shape index (κ1) is 60.3. The largest absolute Gasteiger partial charge is 0.459 e. The fourth-order valence-electron chi connectivity index (χ4n) is 10.1. The van der Waals surface area contributed by atoms with Gasteiger partial charge in [-0.25, -0.2) is 19.2 Å². The second-order valence-corrected chi connectivity index (χ2v) is 32.7. The second-order valence-electron chi connectivity index (χ2n) is 19.9. The van der Waals surface area contributed by atoms with Crippen LogP contribution in [-0.4, -0.2) is 94.0 Å². The van der Waals surface area contributed by atoms with Gasteiger partial charge in [0.1, 0.15) is 34.1 Å². The first-order chi connectivity index (χ1) is 35.2. The van der Waals surface area contributed by atoms with Gasteiger partial charge < -0.3 is 28.0 Å². The molecule has 2 aromatic carbocycles. The van der Waals surface area contributed by atoms with Gasteiger partial charge in [-0.3, -0.25) is 9.13 Å². The third-order valence-electron chi connectivity index (χ3n) is 13.9. The van der Waals surface area contributed by atoms with E-state index < -0.39 is 46.3 Å². The van der Waals surface area contributed by atoms with E-state index in [4.69, 9.17) is 28.0 Å². The fourth-order valence-corrected chi connectivity index (χ4v) is 25.1. The maximum Gasteiger partial charge on any atom is 0.338 e. The molecule has 2 fully saturated rings. The summed E-state index contributed by atoms with van der Waals surface area (Å²) in [5, 5.41) is 0. The molecule has 8 unspecified atom stereocenters. The number of thioether (sulfide) groups is 4. The molecule has 2 aliphatic heterocycles. The summed E-state index contributed by atoms with van der Waals surface area (Å²) >= 11 is 7.15. The lowest BCUT2D eigenvalue weighted by atomic mass is 9.96. The molecule has 406 valence electrons. The van der Waals surface area contributed by atoms with Gasteiger partial charge in [-0.2, -0.15) is 0 Å². The minimum Gasteiger partial charge on any atom is -0.459 e. The van der Waals surface area contributed by atoms with E-state index in [2.05, 4.69) is 37.5 Å². The van der Waals surface area contributed by atoms with Crippen LogP contribution < -0.4 is 0 Å². The van der Waals surface area contributed by atoms with Crippen molar-refractivity contribution in [3.63, 3.8) is 0 Å². The van der Waals surface area contributed by atoms with Crippen molar-refractivity contribution in [1.29, 1.82) is 0 Å². The molecule has 8 atom stereocenters. The van der Waals surface area contributed by atoms with E-state index in [1.165, 1.54) is 38.5 Å². The van der Waals surface area contributed by atoms with Gasteiger partial charge in [0.05, 0.1) is 24.3 Å². The SMILES string of the molecule is C=C(C)C(=O)OCCOC(=O)c1ccc(CSC2(P(C)(=O)OCC)SC3(CCCCCCCCCCC45C=CC(C4)C(SCc4ccc(C(=O)OCCOC(=O)C(=C)C)cc4)(P(C)(=O)OCC)S5)C=CC2C3)cc1. The molecule has 6 rings (SSSR count). The fraction of sp³-hybridized carbons (Fsp3) is 0.571. The van der Waals surface area contributed by atoms with Crippen molar-refractivity contribution >= 4 is 85.7 Å². The Bertz CT molecular complexity index is 2310. The lowest BCUT2D eigenvalue weighted by molar-refractivity contribution is -0.140. The van der Waals surface area contributed by atoms with Crippen molar-refractivity contribution in [1.82, 2.24) is 0 Å². The Balaban J connectivity index is 0.907. The lowest BCUT2D eigenvalue weighted by Crippen LogP contribution is -2.29. The van der Waals surface area contributed by atoms with Gasteiger partial charge >= 0.3 is 23.9 Å². The van der Waals surface area contributed by atoms with Crippen LogP contribution in [-0.2, 0) is 58.2 Å². The molecular weight excluding hydrogens is 1050 g/mol. The summed E-state index contributed by atoms with van der Waals surface area (Å²) in [5.41, 5.74) is 3.41. The first-order valence-corrected chi connectivity index (χ1v) is 33.7. The van der Waals surface area contributed by atoms with Gasteiger partial charge in [-0.15, -0.1) is 47.0 Å². The number of ether oxygens (including phenoxy) is 4. The molecule has 0 saturated carbocycles. The summed E-state index contributed by atoms with van der Waals surface area (Å²) in [6.07, 6.45) is 22.7. The number of fused-ring (bicyclic) bond motifs is 4. The molecule has 2 heterocycles. The van der Waals surface area contributed by atoms with Crippen LogP contribution in [0.3, 0.4) is 0 Å². The van der Waals surface area contributed by atoms with E-state index in [0.717, 1.165) is 49.7 Å². The zero-order valence-electron chi connectivity index (χ0n) is 44.1. The standard InChI is InChI=1S/C56H76O12P2S4/c1-9-67-69(7,61)55(71-39-43-19-23-45(24-20-43)51(59)65-35-33-63-49(57)41(3)4)47-27-31-53(37-47,73-55)29-17-15-13-11-12-14-16-18-30-54-32-28-48(38-54)56(74-54,70(8,62)68-10-2)72-40-44-21-25-46(26-22-44)52(60)66-36-34-64-50(58)42(5)6/h19-28,31-32,47-48H,3,5,9-18,29-30,33-40H2,1-2,4,6-8H3. The van der Waals surface area contributed by atoms with Crippen LogP contribution in [0.5, 0.6) is 0 Å². The van der Waals surface area contributed by atoms with E-state index in [0.29, 0.717) is 35.8 Å². The molecule has 2 aromatic rings. The van der Waals surface area contributed by atoms with Gasteiger partial charge in [-0.05, 0) is 88.8 Å². The normalized spacial score (nSPS) is 25.8. The highest BCUT2D eigenvalue weighted by Gasteiger charge is 2.65. The van der Waals surface area contributed by atoms with Crippen LogP contribution in [0.25, 0.3) is 0 Å². The van der Waals surface area contributed by atoms with Crippen molar-refractivity contribution in [3.8, 4) is 0 Å². The molecule has 4 aliphatic rings. The maximum atomic E-state index is 14.5. The summed E-state index contributed by atoms with van der Waals surface area (Å²) in [6.45, 7) is 18.2. The van der Waals surface area contributed by atoms with E-state index in [9.17, 15) is 28.3 Å². The number of benzene rings is 2. The lowest BCUT2D eigenvalue weighted by Gasteiger charge is -2.40. The van der Waals surface area contributed by atoms with Crippen LogP contribution in [0.1, 0.15) is 137 Å². The number of hydrogen-bond acceptors (Lipinski definition) is 16. The third-order valence-corrected chi connectivity index (χ3v) is 30.3. The highest BCUT2D eigenvalue weighted by Crippen LogP contribution is 2.81. The molecule has 74 heavy (non-hydrogen) atoms. The average Bonchev–Trinajstić information content (AvgIpc) is 4.15. The number of carbonyl (C=O) groups is 4. The quantitative estimate of drug-likeness (QED) is 0.0166. The van der Waals surface area contributed by atoms with Gasteiger partial charge in [0, 0.05) is 57.3 Å². The van der Waals surface area contributed by atoms with Gasteiger partial charge in [0.25, 0.3) is 0 Å². The molecule has 0 spiro atoms. The van der Waals surface area contributed by atoms with Crippen molar-refractivity contribution < 1.29 is 56.3 Å². The Labute approximate surface area is 456 Å². The molecule has 0 aromatic heterocycles. The summed E-state index contributed by atoms with van der Waals surface area (Å²) in [7, 11) is -6.10.